The quantitative estimate of drug-likeness (QED) is 0.273. The third-order valence-electron chi connectivity index (χ3n) is 5.37. The van der Waals surface area contributed by atoms with E-state index in [0.29, 0.717) is 16.2 Å². The van der Waals surface area contributed by atoms with Gasteiger partial charge in [0.2, 0.25) is 0 Å². The molecule has 0 bridgehead atoms. The average molecular weight is 643 g/mol. The van der Waals surface area contributed by atoms with Gasteiger partial charge in [-0.15, -0.1) is 22.7 Å². The summed E-state index contributed by atoms with van der Waals surface area (Å²) in [4.78, 5) is 10.6. The molecule has 0 amide bonds. The summed E-state index contributed by atoms with van der Waals surface area (Å²) in [5, 5.41) is 4.19. The second kappa shape index (κ2) is 11.9. The number of halogens is 1. The van der Waals surface area contributed by atoms with Crippen LogP contribution in [-0.2, 0) is 20.0 Å². The van der Waals surface area contributed by atoms with Crippen molar-refractivity contribution >= 4 is 74.6 Å². The van der Waals surface area contributed by atoms with Crippen LogP contribution < -0.4 is 14.3 Å². The van der Waals surface area contributed by atoms with Crippen molar-refractivity contribution < 1.29 is 16.8 Å². The van der Waals surface area contributed by atoms with Crippen molar-refractivity contribution in [1.29, 1.82) is 0 Å². The first-order chi connectivity index (χ1) is 17.6. The maximum Gasteiger partial charge on any atom is 0.263 e. The van der Waals surface area contributed by atoms with Gasteiger partial charge in [-0.25, -0.2) is 26.8 Å². The molecular weight excluding hydrogens is 618 g/mol. The number of rotatable bonds is 7. The fourth-order valence-electron chi connectivity index (χ4n) is 3.51. The Morgan fingerprint density at radius 3 is 1.73 bits per heavy atom. The van der Waals surface area contributed by atoms with Crippen molar-refractivity contribution in [2.24, 2.45) is 5.92 Å². The summed E-state index contributed by atoms with van der Waals surface area (Å²) >= 11 is 5.74. The Kier molecular flexibility index (Phi) is 8.85. The summed E-state index contributed by atoms with van der Waals surface area (Å²) in [5.74, 6) is 0.694. The molecule has 1 atom stereocenters. The molecule has 4 aromatic rings. The minimum atomic E-state index is -3.55. The predicted octanol–water partition coefficient (Wildman–Crippen LogP) is 5.50. The number of benzene rings is 2. The highest BCUT2D eigenvalue weighted by molar-refractivity contribution is 9.10. The number of thiazole rings is 2. The zero-order valence-corrected chi connectivity index (χ0v) is 24.5. The molecule has 2 N–H and O–H groups in total. The molecule has 0 radical (unpaired) electrons. The second-order valence-corrected chi connectivity index (χ2v) is 14.2. The number of sulfonamides is 2. The highest BCUT2D eigenvalue weighted by atomic mass is 79.9. The van der Waals surface area contributed by atoms with E-state index in [1.165, 1.54) is 41.2 Å². The molecule has 1 saturated heterocycles. The van der Waals surface area contributed by atoms with Crippen molar-refractivity contribution in [3.63, 3.8) is 0 Å². The van der Waals surface area contributed by atoms with Gasteiger partial charge >= 0.3 is 0 Å². The molecule has 1 aliphatic rings. The summed E-state index contributed by atoms with van der Waals surface area (Å²) in [6.45, 7) is 4.30. The van der Waals surface area contributed by atoms with E-state index in [1.807, 2.05) is 12.1 Å². The van der Waals surface area contributed by atoms with E-state index in [2.05, 4.69) is 47.2 Å². The average Bonchev–Trinajstić information content (AvgIpc) is 3.64. The molecule has 3 heterocycles. The monoisotopic (exact) mass is 641 g/mol. The highest BCUT2D eigenvalue weighted by Crippen LogP contribution is 2.26. The Balaban J connectivity index is 0.000000180. The van der Waals surface area contributed by atoms with Gasteiger partial charge in [-0.1, -0.05) is 22.9 Å². The van der Waals surface area contributed by atoms with Gasteiger partial charge in [0.1, 0.15) is 0 Å². The molecule has 0 saturated carbocycles. The van der Waals surface area contributed by atoms with Crippen molar-refractivity contribution in [3.8, 4) is 0 Å². The summed E-state index contributed by atoms with van der Waals surface area (Å²) in [7, 11) is -7.08. The van der Waals surface area contributed by atoms with E-state index in [-0.39, 0.29) is 9.79 Å². The lowest BCUT2D eigenvalue weighted by Crippen LogP contribution is -2.19. The Bertz CT molecular complexity index is 1490. The lowest BCUT2D eigenvalue weighted by molar-refractivity contribution is 0.599. The summed E-state index contributed by atoms with van der Waals surface area (Å²) in [6, 6.07) is 13.4. The maximum atomic E-state index is 12.2. The molecule has 1 fully saturated rings. The minimum Gasteiger partial charge on any atom is -0.371 e. The summed E-state index contributed by atoms with van der Waals surface area (Å²) < 4.78 is 53.9. The number of anilines is 3. The standard InChI is InChI=1S/C14H17N3O2S2.C9H7BrN2O2S2/c1-11-6-8-17(10-11)12-2-4-13(5-3-12)21(18,19)16-14-15-7-9-20-14;10-7-1-3-8(4-2-7)16(13,14)12-9-11-5-6-15-9/h2-5,7,9,11H,6,8,10H2,1H3,(H,15,16);1-6H,(H,11,12). The largest absolute Gasteiger partial charge is 0.371 e. The fourth-order valence-corrected chi connectivity index (χ4v) is 7.36. The molecule has 1 unspecified atom stereocenters. The molecular formula is C23H24BrN5O4S4. The van der Waals surface area contributed by atoms with Crippen LogP contribution >= 0.6 is 38.6 Å². The van der Waals surface area contributed by atoms with E-state index in [0.717, 1.165) is 23.2 Å². The van der Waals surface area contributed by atoms with Crippen molar-refractivity contribution in [2.45, 2.75) is 23.1 Å². The Morgan fingerprint density at radius 1 is 0.838 bits per heavy atom. The number of nitrogens with zero attached hydrogens (tertiary/aromatic N) is 3. The number of hydrogen-bond acceptors (Lipinski definition) is 9. The molecule has 9 nitrogen and oxygen atoms in total. The first-order valence-corrected chi connectivity index (χ1v) is 16.6. The molecule has 0 aliphatic carbocycles. The SMILES string of the molecule is CC1CCN(c2ccc(S(=O)(=O)Nc3nccs3)cc2)C1.O=S(=O)(Nc1nccs1)c1ccc(Br)cc1. The number of hydrogen-bond donors (Lipinski definition) is 2. The van der Waals surface area contributed by atoms with Gasteiger partial charge in [-0.2, -0.15) is 0 Å². The molecule has 0 spiro atoms. The zero-order valence-electron chi connectivity index (χ0n) is 19.6. The van der Waals surface area contributed by atoms with Crippen LogP contribution in [-0.4, -0.2) is 39.9 Å². The summed E-state index contributed by atoms with van der Waals surface area (Å²) in [5.41, 5.74) is 1.08. The number of nitrogens with one attached hydrogen (secondary N) is 2. The van der Waals surface area contributed by atoms with E-state index in [4.69, 9.17) is 0 Å². The lowest BCUT2D eigenvalue weighted by Gasteiger charge is -2.18. The Morgan fingerprint density at radius 2 is 1.32 bits per heavy atom. The molecule has 1 aliphatic heterocycles. The van der Waals surface area contributed by atoms with Crippen LogP contribution in [0.15, 0.2) is 85.9 Å². The van der Waals surface area contributed by atoms with Crippen LogP contribution in [0.25, 0.3) is 0 Å². The van der Waals surface area contributed by atoms with Gasteiger partial charge < -0.3 is 4.90 Å². The lowest BCUT2D eigenvalue weighted by atomic mass is 10.2. The first-order valence-electron chi connectivity index (χ1n) is 11.1. The van der Waals surface area contributed by atoms with Gasteiger partial charge in [0.15, 0.2) is 10.3 Å². The normalized spacial score (nSPS) is 15.6. The maximum absolute atomic E-state index is 12.2. The van der Waals surface area contributed by atoms with E-state index >= 15 is 0 Å². The second-order valence-electron chi connectivity index (χ2n) is 8.17. The topological polar surface area (TPSA) is 121 Å². The third-order valence-corrected chi connectivity index (χ3v) is 10.2. The molecule has 37 heavy (non-hydrogen) atoms. The highest BCUT2D eigenvalue weighted by Gasteiger charge is 2.20. The van der Waals surface area contributed by atoms with E-state index in [9.17, 15) is 16.8 Å². The Labute approximate surface area is 232 Å². The Hall–Kier alpha value is -2.52. The molecule has 14 heteroatoms. The molecule has 2 aromatic heterocycles. The van der Waals surface area contributed by atoms with Crippen LogP contribution in [0.2, 0.25) is 0 Å². The van der Waals surface area contributed by atoms with Crippen molar-refractivity contribution in [2.75, 3.05) is 27.4 Å². The van der Waals surface area contributed by atoms with Gasteiger partial charge in [0.25, 0.3) is 20.0 Å². The van der Waals surface area contributed by atoms with Crippen molar-refractivity contribution in [3.05, 3.63) is 76.2 Å². The van der Waals surface area contributed by atoms with Crippen LogP contribution in [0.5, 0.6) is 0 Å². The fraction of sp³-hybridized carbons (Fsp3) is 0.217. The van der Waals surface area contributed by atoms with Crippen LogP contribution in [0.3, 0.4) is 0 Å². The van der Waals surface area contributed by atoms with Gasteiger partial charge in [-0.05, 0) is 60.9 Å². The first kappa shape index (κ1) is 27.5. The van der Waals surface area contributed by atoms with E-state index in [1.54, 1.807) is 47.4 Å². The van der Waals surface area contributed by atoms with Gasteiger partial charge in [-0.3, -0.25) is 9.44 Å². The third kappa shape index (κ3) is 7.51. The van der Waals surface area contributed by atoms with Crippen LogP contribution in [0, 0.1) is 5.92 Å². The number of aromatic nitrogens is 2. The van der Waals surface area contributed by atoms with Crippen LogP contribution in [0.4, 0.5) is 16.0 Å². The molecule has 5 rings (SSSR count). The summed E-state index contributed by atoms with van der Waals surface area (Å²) in [6.07, 6.45) is 4.30. The van der Waals surface area contributed by atoms with Crippen molar-refractivity contribution in [1.82, 2.24) is 9.97 Å². The van der Waals surface area contributed by atoms with Gasteiger partial charge in [0, 0.05) is 46.4 Å². The smallest absolute Gasteiger partial charge is 0.263 e. The predicted molar refractivity (Wildman–Crippen MR) is 152 cm³/mol. The van der Waals surface area contributed by atoms with Crippen LogP contribution in [0.1, 0.15) is 13.3 Å². The minimum absolute atomic E-state index is 0.214. The molecule has 2 aromatic carbocycles. The zero-order chi connectivity index (χ0) is 26.5. The van der Waals surface area contributed by atoms with E-state index < -0.39 is 20.0 Å². The molecule has 196 valence electrons. The van der Waals surface area contributed by atoms with Gasteiger partial charge in [0.05, 0.1) is 9.79 Å².